The van der Waals surface area contributed by atoms with Gasteiger partial charge in [0.1, 0.15) is 0 Å². The van der Waals surface area contributed by atoms with Crippen molar-refractivity contribution >= 4 is 6.03 Å². The predicted molar refractivity (Wildman–Crippen MR) is 48.1 cm³/mol. The van der Waals surface area contributed by atoms with Crippen LogP contribution in [-0.2, 0) is 0 Å². The van der Waals surface area contributed by atoms with Crippen molar-refractivity contribution in [1.82, 2.24) is 15.6 Å². The third-order valence-electron chi connectivity index (χ3n) is 2.13. The minimum atomic E-state index is -0.0898. The summed E-state index contributed by atoms with van der Waals surface area (Å²) in [6, 6.07) is 3.90. The van der Waals surface area contributed by atoms with Crippen LogP contribution in [-0.4, -0.2) is 17.6 Å². The monoisotopic (exact) mass is 177 g/mol. The Morgan fingerprint density at radius 1 is 1.38 bits per heavy atom. The number of pyridine rings is 1. The van der Waals surface area contributed by atoms with Gasteiger partial charge in [-0.3, -0.25) is 4.98 Å². The number of hydrogen-bond donors (Lipinski definition) is 2. The third kappa shape index (κ3) is 1.77. The Labute approximate surface area is 76.4 Å². The first kappa shape index (κ1) is 8.04. The Kier molecular flexibility index (Phi) is 2.12. The van der Waals surface area contributed by atoms with Gasteiger partial charge in [-0.1, -0.05) is 0 Å². The van der Waals surface area contributed by atoms with Crippen LogP contribution in [0.5, 0.6) is 0 Å². The normalized spacial score (nSPS) is 21.8. The molecule has 2 amide bonds. The first-order valence-electron chi connectivity index (χ1n) is 4.30. The molecule has 1 atom stereocenters. The van der Waals surface area contributed by atoms with Gasteiger partial charge in [0.25, 0.3) is 0 Å². The maximum atomic E-state index is 11.0. The van der Waals surface area contributed by atoms with Crippen LogP contribution in [0, 0.1) is 0 Å². The molecule has 1 fully saturated rings. The molecule has 2 heterocycles. The molecule has 1 unspecified atom stereocenters. The van der Waals surface area contributed by atoms with Crippen LogP contribution in [0.3, 0.4) is 0 Å². The molecule has 0 spiro atoms. The van der Waals surface area contributed by atoms with Crippen LogP contribution in [0.25, 0.3) is 0 Å². The summed E-state index contributed by atoms with van der Waals surface area (Å²) in [5.74, 6) is 0. The molecule has 4 heteroatoms. The van der Waals surface area contributed by atoms with Crippen molar-refractivity contribution in [3.63, 3.8) is 0 Å². The Balaban J connectivity index is 2.13. The van der Waals surface area contributed by atoms with E-state index in [1.54, 1.807) is 12.4 Å². The number of carbonyl (C=O) groups excluding carboxylic acids is 1. The fourth-order valence-corrected chi connectivity index (χ4v) is 1.46. The molecule has 2 rings (SSSR count). The maximum absolute atomic E-state index is 11.0. The smallest absolute Gasteiger partial charge is 0.315 e. The minimum Gasteiger partial charge on any atom is -0.338 e. The average Bonchev–Trinajstić information content (AvgIpc) is 2.19. The number of carbonyl (C=O) groups is 1. The van der Waals surface area contributed by atoms with Gasteiger partial charge < -0.3 is 10.6 Å². The molecule has 1 aliphatic rings. The summed E-state index contributed by atoms with van der Waals surface area (Å²) >= 11 is 0. The highest BCUT2D eigenvalue weighted by Crippen LogP contribution is 2.16. The van der Waals surface area contributed by atoms with Gasteiger partial charge in [-0.25, -0.2) is 4.79 Å². The molecule has 0 radical (unpaired) electrons. The van der Waals surface area contributed by atoms with Crippen LogP contribution < -0.4 is 10.6 Å². The number of hydrogen-bond acceptors (Lipinski definition) is 2. The third-order valence-corrected chi connectivity index (χ3v) is 2.13. The fraction of sp³-hybridized carbons (Fsp3) is 0.333. The molecular weight excluding hydrogens is 166 g/mol. The van der Waals surface area contributed by atoms with E-state index in [-0.39, 0.29) is 12.1 Å². The fourth-order valence-electron chi connectivity index (χ4n) is 1.46. The summed E-state index contributed by atoms with van der Waals surface area (Å²) in [6.07, 6.45) is 4.41. The molecule has 1 saturated heterocycles. The van der Waals surface area contributed by atoms with Crippen molar-refractivity contribution in [2.45, 2.75) is 12.5 Å². The molecule has 0 aromatic carbocycles. The van der Waals surface area contributed by atoms with E-state index < -0.39 is 0 Å². The van der Waals surface area contributed by atoms with Gasteiger partial charge in [0, 0.05) is 18.9 Å². The molecule has 1 aliphatic heterocycles. The van der Waals surface area contributed by atoms with E-state index >= 15 is 0 Å². The van der Waals surface area contributed by atoms with Gasteiger partial charge in [-0.2, -0.15) is 0 Å². The van der Waals surface area contributed by atoms with Crippen LogP contribution in [0.15, 0.2) is 24.5 Å². The first-order valence-corrected chi connectivity index (χ1v) is 4.30. The van der Waals surface area contributed by atoms with Crippen molar-refractivity contribution in [2.24, 2.45) is 0 Å². The molecular formula is C9H11N3O. The van der Waals surface area contributed by atoms with Gasteiger partial charge in [-0.15, -0.1) is 0 Å². The summed E-state index contributed by atoms with van der Waals surface area (Å²) in [5.41, 5.74) is 1.12. The second-order valence-electron chi connectivity index (χ2n) is 3.02. The van der Waals surface area contributed by atoms with Crippen molar-refractivity contribution in [3.05, 3.63) is 30.1 Å². The molecule has 68 valence electrons. The van der Waals surface area contributed by atoms with Gasteiger partial charge in [0.05, 0.1) is 6.04 Å². The highest BCUT2D eigenvalue weighted by atomic mass is 16.2. The van der Waals surface area contributed by atoms with E-state index in [1.807, 2.05) is 12.1 Å². The minimum absolute atomic E-state index is 0.0898. The van der Waals surface area contributed by atoms with E-state index in [1.165, 1.54) is 0 Å². The standard InChI is InChI=1S/C9H11N3O/c13-9-11-6-3-8(12-9)7-1-4-10-5-2-7/h1-2,4-5,8H,3,6H2,(H2,11,12,13). The van der Waals surface area contributed by atoms with Gasteiger partial charge in [-0.05, 0) is 24.1 Å². The van der Waals surface area contributed by atoms with Crippen molar-refractivity contribution < 1.29 is 4.79 Å². The molecule has 2 N–H and O–H groups in total. The molecule has 0 saturated carbocycles. The first-order chi connectivity index (χ1) is 6.36. The molecule has 13 heavy (non-hydrogen) atoms. The van der Waals surface area contributed by atoms with Crippen LogP contribution in [0.4, 0.5) is 4.79 Å². The zero-order valence-electron chi connectivity index (χ0n) is 7.16. The summed E-state index contributed by atoms with van der Waals surface area (Å²) < 4.78 is 0. The predicted octanol–water partition coefficient (Wildman–Crippen LogP) is 0.826. The van der Waals surface area contributed by atoms with E-state index in [4.69, 9.17) is 0 Å². The van der Waals surface area contributed by atoms with Crippen molar-refractivity contribution in [3.8, 4) is 0 Å². The number of nitrogens with zero attached hydrogens (tertiary/aromatic N) is 1. The number of aromatic nitrogens is 1. The summed E-state index contributed by atoms with van der Waals surface area (Å²) in [4.78, 5) is 14.9. The Morgan fingerprint density at radius 3 is 2.85 bits per heavy atom. The van der Waals surface area contributed by atoms with E-state index in [9.17, 15) is 4.79 Å². The summed E-state index contributed by atoms with van der Waals surface area (Å²) in [6.45, 7) is 0.735. The van der Waals surface area contributed by atoms with E-state index in [0.717, 1.165) is 18.5 Å². The van der Waals surface area contributed by atoms with Crippen molar-refractivity contribution in [1.29, 1.82) is 0 Å². The Hall–Kier alpha value is -1.58. The average molecular weight is 177 g/mol. The molecule has 1 aromatic heterocycles. The van der Waals surface area contributed by atoms with E-state index in [2.05, 4.69) is 15.6 Å². The van der Waals surface area contributed by atoms with Crippen LogP contribution in [0.1, 0.15) is 18.0 Å². The largest absolute Gasteiger partial charge is 0.338 e. The second-order valence-corrected chi connectivity index (χ2v) is 3.02. The zero-order valence-corrected chi connectivity index (χ0v) is 7.16. The SMILES string of the molecule is O=C1NCCC(c2ccncc2)N1. The molecule has 1 aromatic rings. The Bertz CT molecular complexity index is 299. The lowest BCUT2D eigenvalue weighted by Gasteiger charge is -2.24. The summed E-state index contributed by atoms with van der Waals surface area (Å²) in [7, 11) is 0. The number of amides is 2. The zero-order chi connectivity index (χ0) is 9.10. The van der Waals surface area contributed by atoms with Gasteiger partial charge in [0.15, 0.2) is 0 Å². The molecule has 0 aliphatic carbocycles. The number of nitrogens with one attached hydrogen (secondary N) is 2. The lowest BCUT2D eigenvalue weighted by molar-refractivity contribution is 0.229. The summed E-state index contributed by atoms with van der Waals surface area (Å²) in [5, 5.41) is 5.57. The van der Waals surface area contributed by atoms with Gasteiger partial charge in [0.2, 0.25) is 0 Å². The second kappa shape index (κ2) is 3.43. The molecule has 0 bridgehead atoms. The number of rotatable bonds is 1. The number of urea groups is 1. The highest BCUT2D eigenvalue weighted by molar-refractivity contribution is 5.75. The lowest BCUT2D eigenvalue weighted by atomic mass is 10.0. The topological polar surface area (TPSA) is 54.0 Å². The lowest BCUT2D eigenvalue weighted by Crippen LogP contribution is -2.44. The highest BCUT2D eigenvalue weighted by Gasteiger charge is 2.18. The van der Waals surface area contributed by atoms with Crippen LogP contribution >= 0.6 is 0 Å². The van der Waals surface area contributed by atoms with E-state index in [0.29, 0.717) is 0 Å². The maximum Gasteiger partial charge on any atom is 0.315 e. The Morgan fingerprint density at radius 2 is 2.15 bits per heavy atom. The van der Waals surface area contributed by atoms with Crippen LogP contribution in [0.2, 0.25) is 0 Å². The van der Waals surface area contributed by atoms with Crippen molar-refractivity contribution in [2.75, 3.05) is 6.54 Å². The van der Waals surface area contributed by atoms with Gasteiger partial charge >= 0.3 is 6.03 Å². The quantitative estimate of drug-likeness (QED) is 0.667. The molecule has 4 nitrogen and oxygen atoms in total.